The van der Waals surface area contributed by atoms with Crippen LogP contribution in [0.3, 0.4) is 0 Å². The van der Waals surface area contributed by atoms with Crippen LogP contribution in [-0.2, 0) is 4.79 Å². The highest BCUT2D eigenvalue weighted by Gasteiger charge is 2.23. The molecule has 1 aromatic carbocycles. The van der Waals surface area contributed by atoms with E-state index in [0.29, 0.717) is 11.6 Å². The quantitative estimate of drug-likeness (QED) is 0.864. The molecule has 0 aliphatic carbocycles. The fraction of sp³-hybridized carbons (Fsp3) is 0.400. The Morgan fingerprint density at radius 1 is 1.37 bits per heavy atom. The predicted molar refractivity (Wildman–Crippen MR) is 78.9 cm³/mol. The fourth-order valence-electron chi connectivity index (χ4n) is 2.37. The van der Waals surface area contributed by atoms with Crippen LogP contribution in [0, 0.1) is 0 Å². The Bertz CT molecular complexity index is 456. The number of carbonyl (C=O) groups is 1. The van der Waals surface area contributed by atoms with Gasteiger partial charge >= 0.3 is 0 Å². The van der Waals surface area contributed by atoms with Gasteiger partial charge in [-0.1, -0.05) is 23.7 Å². The lowest BCUT2D eigenvalue weighted by atomic mass is 10.0. The molecule has 4 heteroatoms. The van der Waals surface area contributed by atoms with E-state index in [1.54, 1.807) is 6.08 Å². The van der Waals surface area contributed by atoms with E-state index in [1.165, 1.54) is 0 Å². The van der Waals surface area contributed by atoms with Crippen LogP contribution in [0.15, 0.2) is 30.3 Å². The minimum Gasteiger partial charge on any atom is -0.335 e. The van der Waals surface area contributed by atoms with Crippen molar-refractivity contribution in [2.24, 2.45) is 5.73 Å². The molecule has 2 N–H and O–H groups in total. The molecule has 1 aliphatic rings. The number of piperidine rings is 1. The Kier molecular flexibility index (Phi) is 5.00. The van der Waals surface area contributed by atoms with Gasteiger partial charge in [0.05, 0.1) is 0 Å². The maximum absolute atomic E-state index is 12.2. The normalized spacial score (nSPS) is 19.9. The van der Waals surface area contributed by atoms with Crippen molar-refractivity contribution in [2.45, 2.75) is 25.3 Å². The molecule has 1 unspecified atom stereocenters. The van der Waals surface area contributed by atoms with E-state index in [0.717, 1.165) is 31.4 Å². The van der Waals surface area contributed by atoms with E-state index in [1.807, 2.05) is 35.2 Å². The smallest absolute Gasteiger partial charge is 0.246 e. The zero-order chi connectivity index (χ0) is 13.7. The molecule has 0 saturated carbocycles. The molecule has 19 heavy (non-hydrogen) atoms. The van der Waals surface area contributed by atoms with Crippen molar-refractivity contribution in [1.29, 1.82) is 0 Å². The zero-order valence-electron chi connectivity index (χ0n) is 10.9. The largest absolute Gasteiger partial charge is 0.335 e. The average Bonchev–Trinajstić information content (AvgIpc) is 2.46. The highest BCUT2D eigenvalue weighted by atomic mass is 35.5. The zero-order valence-corrected chi connectivity index (χ0v) is 11.6. The summed E-state index contributed by atoms with van der Waals surface area (Å²) >= 11 is 5.82. The van der Waals surface area contributed by atoms with Gasteiger partial charge in [0.25, 0.3) is 0 Å². The number of nitrogens with two attached hydrogens (primary N) is 1. The molecule has 0 aromatic heterocycles. The lowest BCUT2D eigenvalue weighted by Gasteiger charge is -2.34. The second-order valence-electron chi connectivity index (χ2n) is 4.80. The standard InChI is InChI=1S/C15H19ClN2O/c16-13-7-4-12(5-8-13)6-9-15(19)18-10-2-1-3-14(18)11-17/h4-9,14H,1-3,10-11,17H2. The highest BCUT2D eigenvalue weighted by Crippen LogP contribution is 2.17. The molecule has 102 valence electrons. The van der Waals surface area contributed by atoms with Crippen LogP contribution in [0.1, 0.15) is 24.8 Å². The SMILES string of the molecule is NCC1CCCCN1C(=O)C=Cc1ccc(Cl)cc1. The summed E-state index contributed by atoms with van der Waals surface area (Å²) in [5.41, 5.74) is 6.69. The minimum absolute atomic E-state index is 0.0464. The van der Waals surface area contributed by atoms with Crippen molar-refractivity contribution in [2.75, 3.05) is 13.1 Å². The van der Waals surface area contributed by atoms with E-state index in [4.69, 9.17) is 17.3 Å². The van der Waals surface area contributed by atoms with E-state index in [2.05, 4.69) is 0 Å². The molecule has 1 amide bonds. The van der Waals surface area contributed by atoms with Gasteiger partial charge in [-0.3, -0.25) is 4.79 Å². The van der Waals surface area contributed by atoms with Crippen LogP contribution >= 0.6 is 11.6 Å². The summed E-state index contributed by atoms with van der Waals surface area (Å²) in [6, 6.07) is 7.60. The molecule has 1 aliphatic heterocycles. The van der Waals surface area contributed by atoms with Crippen LogP contribution in [0.25, 0.3) is 6.08 Å². The topological polar surface area (TPSA) is 46.3 Å². The van der Waals surface area contributed by atoms with Crippen LogP contribution in [0.5, 0.6) is 0 Å². The van der Waals surface area contributed by atoms with Crippen molar-refractivity contribution in [3.8, 4) is 0 Å². The number of nitrogens with zero attached hydrogens (tertiary/aromatic N) is 1. The number of rotatable bonds is 3. The molecular weight excluding hydrogens is 260 g/mol. The first-order chi connectivity index (χ1) is 9.20. The third-order valence-corrected chi connectivity index (χ3v) is 3.72. The van der Waals surface area contributed by atoms with Gasteiger partial charge in [0, 0.05) is 30.2 Å². The summed E-state index contributed by atoms with van der Waals surface area (Å²) in [6.07, 6.45) is 6.68. The first-order valence-corrected chi connectivity index (χ1v) is 7.03. The van der Waals surface area contributed by atoms with Gasteiger partial charge in [-0.25, -0.2) is 0 Å². The number of hydrogen-bond donors (Lipinski definition) is 1. The molecular formula is C15H19ClN2O. The summed E-state index contributed by atoms with van der Waals surface area (Å²) < 4.78 is 0. The van der Waals surface area contributed by atoms with Crippen LogP contribution in [0.2, 0.25) is 5.02 Å². The maximum Gasteiger partial charge on any atom is 0.246 e. The lowest BCUT2D eigenvalue weighted by Crippen LogP contribution is -2.46. The number of halogens is 1. The van der Waals surface area contributed by atoms with Crippen molar-refractivity contribution >= 4 is 23.6 Å². The molecule has 1 heterocycles. The Hall–Kier alpha value is -1.32. The van der Waals surface area contributed by atoms with Crippen molar-refractivity contribution in [3.05, 3.63) is 40.9 Å². The maximum atomic E-state index is 12.2. The number of hydrogen-bond acceptors (Lipinski definition) is 2. The summed E-state index contributed by atoms with van der Waals surface area (Å²) in [5.74, 6) is 0.0464. The number of benzene rings is 1. The third-order valence-electron chi connectivity index (χ3n) is 3.47. The molecule has 0 radical (unpaired) electrons. The third kappa shape index (κ3) is 3.82. The van der Waals surface area contributed by atoms with Crippen LogP contribution < -0.4 is 5.73 Å². The van der Waals surface area contributed by atoms with E-state index < -0.39 is 0 Å². The Morgan fingerprint density at radius 2 is 2.11 bits per heavy atom. The van der Waals surface area contributed by atoms with Crippen LogP contribution in [0.4, 0.5) is 0 Å². The molecule has 1 fully saturated rings. The molecule has 1 saturated heterocycles. The van der Waals surface area contributed by atoms with E-state index in [9.17, 15) is 4.79 Å². The van der Waals surface area contributed by atoms with Gasteiger partial charge in [-0.15, -0.1) is 0 Å². The Balaban J connectivity index is 2.01. The number of carbonyl (C=O) groups excluding carboxylic acids is 1. The molecule has 0 spiro atoms. The van der Waals surface area contributed by atoms with Crippen molar-refractivity contribution in [1.82, 2.24) is 4.90 Å². The lowest BCUT2D eigenvalue weighted by molar-refractivity contribution is -0.129. The summed E-state index contributed by atoms with van der Waals surface area (Å²) in [4.78, 5) is 14.1. The molecule has 1 aromatic rings. The predicted octanol–water partition coefficient (Wildman–Crippen LogP) is 2.69. The van der Waals surface area contributed by atoms with E-state index in [-0.39, 0.29) is 11.9 Å². The average molecular weight is 279 g/mol. The molecule has 3 nitrogen and oxygen atoms in total. The van der Waals surface area contributed by atoms with Gasteiger partial charge in [0.2, 0.25) is 5.91 Å². The van der Waals surface area contributed by atoms with Gasteiger partial charge in [0.1, 0.15) is 0 Å². The van der Waals surface area contributed by atoms with Crippen LogP contribution in [-0.4, -0.2) is 29.9 Å². The van der Waals surface area contributed by atoms with Crippen molar-refractivity contribution in [3.63, 3.8) is 0 Å². The molecule has 1 atom stereocenters. The van der Waals surface area contributed by atoms with Gasteiger partial charge < -0.3 is 10.6 Å². The monoisotopic (exact) mass is 278 g/mol. The molecule has 2 rings (SSSR count). The Labute approximate surface area is 119 Å². The fourth-order valence-corrected chi connectivity index (χ4v) is 2.50. The first kappa shape index (κ1) is 14.1. The van der Waals surface area contributed by atoms with E-state index >= 15 is 0 Å². The van der Waals surface area contributed by atoms with Crippen molar-refractivity contribution < 1.29 is 4.79 Å². The number of amides is 1. The number of likely N-dealkylation sites (tertiary alicyclic amines) is 1. The summed E-state index contributed by atoms with van der Waals surface area (Å²) in [5, 5.41) is 0.697. The second kappa shape index (κ2) is 6.73. The summed E-state index contributed by atoms with van der Waals surface area (Å²) in [7, 11) is 0. The minimum atomic E-state index is 0.0464. The van der Waals surface area contributed by atoms with Gasteiger partial charge in [0.15, 0.2) is 0 Å². The van der Waals surface area contributed by atoms with Gasteiger partial charge in [-0.2, -0.15) is 0 Å². The highest BCUT2D eigenvalue weighted by molar-refractivity contribution is 6.30. The summed E-state index contributed by atoms with van der Waals surface area (Å²) in [6.45, 7) is 1.35. The first-order valence-electron chi connectivity index (χ1n) is 6.65. The Morgan fingerprint density at radius 3 is 2.79 bits per heavy atom. The van der Waals surface area contributed by atoms with Gasteiger partial charge in [-0.05, 0) is 43.0 Å². The molecule has 0 bridgehead atoms. The second-order valence-corrected chi connectivity index (χ2v) is 5.24.